The molecule has 0 aliphatic carbocycles. The van der Waals surface area contributed by atoms with E-state index < -0.39 is 0 Å². The number of hydrogen-bond donors (Lipinski definition) is 1. The number of ether oxygens (including phenoxy) is 1. The zero-order valence-corrected chi connectivity index (χ0v) is 17.8. The number of nitrogens with zero attached hydrogens (tertiary/aromatic N) is 4. The number of piperidine rings is 1. The summed E-state index contributed by atoms with van der Waals surface area (Å²) in [5, 5.41) is 2.26. The number of primary amides is 1. The van der Waals surface area contributed by atoms with E-state index in [1.54, 1.807) is 18.6 Å². The highest BCUT2D eigenvalue weighted by Crippen LogP contribution is 2.26. The molecule has 7 heteroatoms. The smallest absolute Gasteiger partial charge is 0.321 e. The molecule has 2 N–H and O–H groups in total. The van der Waals surface area contributed by atoms with Crippen LogP contribution in [0, 0.1) is 5.92 Å². The Kier molecular flexibility index (Phi) is 5.64. The molecule has 1 amide bonds. The Bertz CT molecular complexity index is 1190. The van der Waals surface area contributed by atoms with Crippen LogP contribution < -0.4 is 10.5 Å². The molecule has 32 heavy (non-hydrogen) atoms. The van der Waals surface area contributed by atoms with E-state index in [2.05, 4.69) is 44.1 Å². The molecule has 1 aromatic heterocycles. The summed E-state index contributed by atoms with van der Waals surface area (Å²) in [5.74, 6) is 0.556. The van der Waals surface area contributed by atoms with Gasteiger partial charge in [0.15, 0.2) is 0 Å². The molecule has 5 rings (SSSR count). The highest BCUT2D eigenvalue weighted by Gasteiger charge is 2.23. The maximum atomic E-state index is 11.4. The molecule has 0 radical (unpaired) electrons. The van der Waals surface area contributed by atoms with Crippen molar-refractivity contribution in [3.05, 3.63) is 66.0 Å². The zero-order valence-electron chi connectivity index (χ0n) is 17.8. The molecule has 7 nitrogen and oxygen atoms in total. The first-order valence-corrected chi connectivity index (χ1v) is 10.9. The lowest BCUT2D eigenvalue weighted by Crippen LogP contribution is -2.38. The summed E-state index contributed by atoms with van der Waals surface area (Å²) in [5.41, 5.74) is 8.76. The number of aromatic nitrogens is 2. The largest absolute Gasteiger partial charge is 0.424 e. The third-order valence-corrected chi connectivity index (χ3v) is 6.12. The van der Waals surface area contributed by atoms with E-state index in [1.165, 1.54) is 5.56 Å². The highest BCUT2D eigenvalue weighted by molar-refractivity contribution is 5.89. The maximum absolute atomic E-state index is 11.4. The first-order valence-electron chi connectivity index (χ1n) is 10.9. The Morgan fingerprint density at radius 2 is 1.81 bits per heavy atom. The van der Waals surface area contributed by atoms with Crippen molar-refractivity contribution in [1.82, 2.24) is 14.9 Å². The minimum atomic E-state index is -0.171. The third-order valence-electron chi connectivity index (χ3n) is 6.12. The Hall–Kier alpha value is -3.58. The van der Waals surface area contributed by atoms with Crippen LogP contribution in [-0.4, -0.2) is 46.6 Å². The van der Waals surface area contributed by atoms with Crippen LogP contribution in [0.25, 0.3) is 16.3 Å². The van der Waals surface area contributed by atoms with Crippen molar-refractivity contribution in [3.63, 3.8) is 0 Å². The van der Waals surface area contributed by atoms with Gasteiger partial charge in [0.2, 0.25) is 5.91 Å². The Morgan fingerprint density at radius 1 is 1.06 bits per heavy atom. The van der Waals surface area contributed by atoms with E-state index >= 15 is 0 Å². The topological polar surface area (TPSA) is 93.7 Å². The van der Waals surface area contributed by atoms with E-state index in [0.717, 1.165) is 54.4 Å². The average molecular weight is 428 g/mol. The number of allylic oxidation sites excluding steroid dienone is 1. The van der Waals surface area contributed by atoms with Crippen LogP contribution in [0.5, 0.6) is 11.8 Å². The van der Waals surface area contributed by atoms with E-state index in [0.29, 0.717) is 18.3 Å². The minimum Gasteiger partial charge on any atom is -0.424 e. The summed E-state index contributed by atoms with van der Waals surface area (Å²) < 4.78 is 5.87. The number of fused-ring (bicyclic) bond motifs is 1. The van der Waals surface area contributed by atoms with Crippen molar-refractivity contribution in [2.75, 3.05) is 19.6 Å². The number of carbonyl (C=O) groups excluding carboxylic acids is 1. The second-order valence-corrected chi connectivity index (χ2v) is 8.33. The SMILES string of the molecule is NC(=O)C1CCN(Cc2ccc3cc(Oc4ncc(C5=CC=NC5)cn4)ccc3c2)CC1. The number of hydrogen-bond acceptors (Lipinski definition) is 6. The second-order valence-electron chi connectivity index (χ2n) is 8.33. The van der Waals surface area contributed by atoms with Gasteiger partial charge in [-0.25, -0.2) is 9.97 Å². The van der Waals surface area contributed by atoms with Crippen molar-refractivity contribution < 1.29 is 9.53 Å². The van der Waals surface area contributed by atoms with Gasteiger partial charge in [-0.1, -0.05) is 18.2 Å². The molecule has 0 saturated carbocycles. The highest BCUT2D eigenvalue weighted by atomic mass is 16.5. The summed E-state index contributed by atoms with van der Waals surface area (Å²) >= 11 is 0. The fourth-order valence-electron chi connectivity index (χ4n) is 4.24. The summed E-state index contributed by atoms with van der Waals surface area (Å²) in [4.78, 5) is 26.6. The first-order chi connectivity index (χ1) is 15.6. The number of rotatable bonds is 6. The average Bonchev–Trinajstić information content (AvgIpc) is 3.35. The fraction of sp³-hybridized carbons (Fsp3) is 0.280. The normalized spacial score (nSPS) is 16.9. The molecule has 2 aromatic carbocycles. The summed E-state index contributed by atoms with van der Waals surface area (Å²) in [6, 6.07) is 12.8. The Balaban J connectivity index is 1.23. The monoisotopic (exact) mass is 427 g/mol. The number of benzene rings is 2. The van der Waals surface area contributed by atoms with E-state index in [1.807, 2.05) is 18.2 Å². The number of carbonyl (C=O) groups is 1. The quantitative estimate of drug-likeness (QED) is 0.649. The first kappa shape index (κ1) is 20.3. The van der Waals surface area contributed by atoms with Crippen molar-refractivity contribution in [2.45, 2.75) is 19.4 Å². The van der Waals surface area contributed by atoms with Gasteiger partial charge in [0.05, 0.1) is 6.54 Å². The number of amides is 1. The van der Waals surface area contributed by atoms with Crippen LogP contribution in [-0.2, 0) is 11.3 Å². The van der Waals surface area contributed by atoms with Crippen molar-refractivity contribution >= 4 is 28.5 Å². The van der Waals surface area contributed by atoms with Crippen molar-refractivity contribution in [2.24, 2.45) is 16.6 Å². The minimum absolute atomic E-state index is 0.0234. The molecule has 3 heterocycles. The molecule has 2 aliphatic heterocycles. The van der Waals surface area contributed by atoms with Crippen molar-refractivity contribution in [1.29, 1.82) is 0 Å². The van der Waals surface area contributed by atoms with Crippen LogP contribution in [0.2, 0.25) is 0 Å². The fourth-order valence-corrected chi connectivity index (χ4v) is 4.24. The Labute approximate surface area is 186 Å². The lowest BCUT2D eigenvalue weighted by molar-refractivity contribution is -0.123. The summed E-state index contributed by atoms with van der Waals surface area (Å²) in [6.07, 6.45) is 8.99. The van der Waals surface area contributed by atoms with E-state index in [4.69, 9.17) is 10.5 Å². The van der Waals surface area contributed by atoms with Gasteiger partial charge in [-0.05, 0) is 72.1 Å². The summed E-state index contributed by atoms with van der Waals surface area (Å²) in [7, 11) is 0. The van der Waals surface area contributed by atoms with Gasteiger partial charge in [-0.3, -0.25) is 14.7 Å². The Morgan fingerprint density at radius 3 is 2.53 bits per heavy atom. The van der Waals surface area contributed by atoms with Gasteiger partial charge >= 0.3 is 6.01 Å². The van der Waals surface area contributed by atoms with Crippen LogP contribution in [0.3, 0.4) is 0 Å². The lowest BCUT2D eigenvalue weighted by Gasteiger charge is -2.30. The molecule has 2 aliphatic rings. The molecular weight excluding hydrogens is 402 g/mol. The van der Waals surface area contributed by atoms with Gasteiger partial charge in [0.1, 0.15) is 5.75 Å². The third kappa shape index (κ3) is 4.53. The van der Waals surface area contributed by atoms with Gasteiger partial charge in [-0.2, -0.15) is 0 Å². The van der Waals surface area contributed by atoms with Gasteiger partial charge in [0.25, 0.3) is 0 Å². The van der Waals surface area contributed by atoms with Gasteiger partial charge in [-0.15, -0.1) is 0 Å². The predicted octanol–water partition coefficient (Wildman–Crippen LogP) is 3.59. The molecule has 0 unspecified atom stereocenters. The van der Waals surface area contributed by atoms with Crippen LogP contribution in [0.1, 0.15) is 24.0 Å². The second kappa shape index (κ2) is 8.88. The van der Waals surface area contributed by atoms with E-state index in [9.17, 15) is 4.79 Å². The van der Waals surface area contributed by atoms with E-state index in [-0.39, 0.29) is 11.8 Å². The number of aliphatic imine (C=N–C) groups is 1. The van der Waals surface area contributed by atoms with Gasteiger partial charge < -0.3 is 10.5 Å². The standard InChI is InChI=1S/C25H25N5O2/c26-24(31)18-6-9-30(10-7-18)16-17-1-2-20-12-23(4-3-19(20)11-17)32-25-28-14-22(15-29-25)21-5-8-27-13-21/h1-5,8,11-12,14-15,18H,6-7,9-10,13,16H2,(H2,26,31). The van der Waals surface area contributed by atoms with Crippen LogP contribution in [0.15, 0.2) is 59.9 Å². The molecule has 0 atom stereocenters. The van der Waals surface area contributed by atoms with Gasteiger partial charge in [0, 0.05) is 36.6 Å². The number of nitrogens with two attached hydrogens (primary N) is 1. The molecule has 1 saturated heterocycles. The molecular formula is C25H25N5O2. The predicted molar refractivity (Wildman–Crippen MR) is 125 cm³/mol. The molecule has 0 bridgehead atoms. The lowest BCUT2D eigenvalue weighted by atomic mass is 9.96. The van der Waals surface area contributed by atoms with Crippen molar-refractivity contribution in [3.8, 4) is 11.8 Å². The molecule has 0 spiro atoms. The van der Waals surface area contributed by atoms with Crippen LogP contribution in [0.4, 0.5) is 0 Å². The number of likely N-dealkylation sites (tertiary alicyclic amines) is 1. The summed E-state index contributed by atoms with van der Waals surface area (Å²) in [6.45, 7) is 3.35. The molecule has 3 aromatic rings. The molecule has 162 valence electrons. The molecule has 1 fully saturated rings. The zero-order chi connectivity index (χ0) is 21.9. The maximum Gasteiger partial charge on any atom is 0.321 e. The van der Waals surface area contributed by atoms with Crippen LogP contribution >= 0.6 is 0 Å².